The predicted molar refractivity (Wildman–Crippen MR) is 177 cm³/mol. The number of fused-ring (bicyclic) bond motifs is 2. The number of hydrogen-bond donors (Lipinski definition) is 7. The number of thiazole rings is 1. The van der Waals surface area contributed by atoms with E-state index in [1.165, 1.54) is 21.7 Å². The third-order valence-electron chi connectivity index (χ3n) is 7.32. The highest BCUT2D eigenvalue weighted by Gasteiger charge is 2.54. The smallest absolute Gasteiger partial charge is 0.375 e. The summed E-state index contributed by atoms with van der Waals surface area (Å²) in [5, 5.41) is 59.8. The van der Waals surface area contributed by atoms with Gasteiger partial charge in [0.05, 0.1) is 5.56 Å². The van der Waals surface area contributed by atoms with Crippen molar-refractivity contribution in [2.45, 2.75) is 30.0 Å². The molecule has 2 atom stereocenters. The van der Waals surface area contributed by atoms with E-state index in [1.54, 1.807) is 13.0 Å². The zero-order valence-corrected chi connectivity index (χ0v) is 28.2. The molecule has 0 bridgehead atoms. The summed E-state index contributed by atoms with van der Waals surface area (Å²) < 4.78 is 1.24. The fourth-order valence-electron chi connectivity index (χ4n) is 5.02. The standard InChI is InChI=1S/C28H23N9O11S3/c1-9-2-16(37-28(30-9)33-20(34-37)26(46)47)49-6-11-7-50-23-18(22(41)36(23)19(11)25(44)45)32-21(40)17(13-8-51-27(29)31-13)35-48-5-10-3-14(38)15(39)4-12(10)24(42)43/h2-4,8,18,23,38-39H,5-7H2,1H3,(H2,29,31)(H,32,40)(H,42,43)(H,44,45)(H,46,47)/t18-,23-/m1/s1. The molecule has 4 aromatic rings. The number of β-lactam (4-membered cyclic amide) rings is 1. The van der Waals surface area contributed by atoms with Gasteiger partial charge in [-0.3, -0.25) is 14.5 Å². The Balaban J connectivity index is 1.19. The summed E-state index contributed by atoms with van der Waals surface area (Å²) in [5.41, 5.74) is 5.45. The van der Waals surface area contributed by atoms with Crippen molar-refractivity contribution >= 4 is 81.2 Å². The van der Waals surface area contributed by atoms with Gasteiger partial charge in [-0.1, -0.05) is 5.16 Å². The molecule has 5 heterocycles. The number of benzene rings is 1. The van der Waals surface area contributed by atoms with E-state index >= 15 is 0 Å². The number of nitrogens with zero attached hydrogens (tertiary/aromatic N) is 7. The van der Waals surface area contributed by atoms with Gasteiger partial charge < -0.3 is 41.4 Å². The molecular formula is C28H23N9O11S3. The molecule has 6 rings (SSSR count). The number of aryl methyl sites for hydroxylation is 1. The van der Waals surface area contributed by atoms with E-state index in [0.29, 0.717) is 16.3 Å². The lowest BCUT2D eigenvalue weighted by molar-refractivity contribution is -0.150. The number of phenolic OH excluding ortho intramolecular Hbond substituents is 2. The number of aromatic hydroxyl groups is 2. The average molecular weight is 758 g/mol. The quantitative estimate of drug-likeness (QED) is 0.0262. The largest absolute Gasteiger partial charge is 0.504 e. The number of phenols is 2. The minimum atomic E-state index is -1.43. The van der Waals surface area contributed by atoms with Crippen molar-refractivity contribution in [3.63, 3.8) is 0 Å². The summed E-state index contributed by atoms with van der Waals surface area (Å²) in [5.74, 6) is -7.22. The van der Waals surface area contributed by atoms with Gasteiger partial charge in [0.25, 0.3) is 23.4 Å². The van der Waals surface area contributed by atoms with E-state index < -0.39 is 76.3 Å². The van der Waals surface area contributed by atoms with Crippen LogP contribution in [0, 0.1) is 6.92 Å². The predicted octanol–water partition coefficient (Wildman–Crippen LogP) is 0.731. The van der Waals surface area contributed by atoms with Crippen LogP contribution in [0.4, 0.5) is 5.13 Å². The second kappa shape index (κ2) is 13.8. The van der Waals surface area contributed by atoms with Crippen molar-refractivity contribution in [2.75, 3.05) is 17.2 Å². The molecule has 0 spiro atoms. The van der Waals surface area contributed by atoms with Gasteiger partial charge >= 0.3 is 17.9 Å². The Kier molecular flexibility index (Phi) is 9.42. The molecule has 23 heteroatoms. The monoisotopic (exact) mass is 757 g/mol. The van der Waals surface area contributed by atoms with E-state index in [2.05, 4.69) is 30.5 Å². The van der Waals surface area contributed by atoms with Crippen LogP contribution in [0.3, 0.4) is 0 Å². The lowest BCUT2D eigenvalue weighted by Gasteiger charge is -2.49. The molecule has 3 aromatic heterocycles. The molecule has 0 saturated carbocycles. The second-order valence-corrected chi connectivity index (χ2v) is 13.7. The highest BCUT2D eigenvalue weighted by atomic mass is 32.2. The first kappa shape index (κ1) is 34.9. The molecule has 1 fully saturated rings. The van der Waals surface area contributed by atoms with Crippen LogP contribution in [-0.2, 0) is 25.8 Å². The van der Waals surface area contributed by atoms with Crippen LogP contribution < -0.4 is 11.1 Å². The summed E-state index contributed by atoms with van der Waals surface area (Å²) in [4.78, 5) is 80.7. The molecule has 2 amide bonds. The molecule has 8 N–H and O–H groups in total. The van der Waals surface area contributed by atoms with E-state index in [1.807, 2.05) is 0 Å². The lowest BCUT2D eigenvalue weighted by atomic mass is 10.0. The van der Waals surface area contributed by atoms with Crippen molar-refractivity contribution in [1.29, 1.82) is 0 Å². The fourth-order valence-corrected chi connectivity index (χ4v) is 8.10. The Morgan fingerprint density at radius 2 is 1.82 bits per heavy atom. The summed E-state index contributed by atoms with van der Waals surface area (Å²) in [6.45, 7) is 1.12. The van der Waals surface area contributed by atoms with E-state index in [4.69, 9.17) is 10.6 Å². The molecule has 1 saturated heterocycles. The number of carbonyl (C=O) groups is 5. The summed E-state index contributed by atoms with van der Waals surface area (Å²) in [7, 11) is 0. The zero-order chi connectivity index (χ0) is 36.7. The van der Waals surface area contributed by atoms with Crippen LogP contribution in [0.5, 0.6) is 11.5 Å². The fraction of sp³-hybridized carbons (Fsp3) is 0.214. The Hall–Kier alpha value is -5.94. The number of aromatic carboxylic acids is 2. The number of carbonyl (C=O) groups excluding carboxylic acids is 2. The van der Waals surface area contributed by atoms with Gasteiger partial charge in [-0.25, -0.2) is 24.4 Å². The van der Waals surface area contributed by atoms with E-state index in [0.717, 1.165) is 40.1 Å². The van der Waals surface area contributed by atoms with Gasteiger partial charge in [0, 0.05) is 28.1 Å². The second-order valence-electron chi connectivity index (χ2n) is 10.7. The molecular weight excluding hydrogens is 735 g/mol. The maximum absolute atomic E-state index is 13.5. The topological polar surface area (TPSA) is 305 Å². The number of oxime groups is 1. The Morgan fingerprint density at radius 3 is 2.49 bits per heavy atom. The normalized spacial score (nSPS) is 17.2. The number of carboxylic acids is 3. The number of amides is 2. The van der Waals surface area contributed by atoms with Gasteiger partial charge in [0.2, 0.25) is 0 Å². The summed E-state index contributed by atoms with van der Waals surface area (Å²) in [6.07, 6.45) is 0. The third kappa shape index (κ3) is 6.80. The summed E-state index contributed by atoms with van der Waals surface area (Å²) >= 11 is 3.34. The van der Waals surface area contributed by atoms with Crippen LogP contribution in [-0.4, -0.2) is 113 Å². The SMILES string of the molecule is Cc1cc(SCC2=C(C(=O)O)N3C(=O)[C@@H](NC(=O)C(=NOCc4cc(O)c(O)cc4C(=O)O)c4csc(N)n4)[C@H]3SC2)n2nc(C(=O)O)nc2n1. The molecule has 264 valence electrons. The van der Waals surface area contributed by atoms with Gasteiger partial charge in [-0.15, -0.1) is 40.0 Å². The average Bonchev–Trinajstić information content (AvgIpc) is 3.71. The van der Waals surface area contributed by atoms with Crippen LogP contribution in [0.1, 0.15) is 37.9 Å². The molecule has 1 aromatic carbocycles. The highest BCUT2D eigenvalue weighted by molar-refractivity contribution is 8.01. The first-order valence-electron chi connectivity index (χ1n) is 14.2. The van der Waals surface area contributed by atoms with Crippen molar-refractivity contribution in [2.24, 2.45) is 5.16 Å². The number of anilines is 1. The number of nitrogens with one attached hydrogen (secondary N) is 1. The summed E-state index contributed by atoms with van der Waals surface area (Å²) in [6, 6.07) is 2.24. The highest BCUT2D eigenvalue weighted by Crippen LogP contribution is 2.42. The number of thioether (sulfide) groups is 2. The number of aliphatic carboxylic acids is 1. The van der Waals surface area contributed by atoms with Crippen molar-refractivity contribution < 1.29 is 54.3 Å². The van der Waals surface area contributed by atoms with Crippen LogP contribution in [0.25, 0.3) is 5.78 Å². The number of hydrogen-bond acceptors (Lipinski definition) is 17. The number of nitrogens with two attached hydrogens (primary N) is 1. The maximum atomic E-state index is 13.5. The molecule has 20 nitrogen and oxygen atoms in total. The molecule has 0 unspecified atom stereocenters. The lowest BCUT2D eigenvalue weighted by Crippen LogP contribution is -2.71. The Bertz CT molecular complexity index is 2220. The first-order valence-corrected chi connectivity index (χ1v) is 17.2. The zero-order valence-electron chi connectivity index (χ0n) is 25.7. The van der Waals surface area contributed by atoms with Gasteiger partial charge in [0.15, 0.2) is 22.3 Å². The number of rotatable bonds is 12. The van der Waals surface area contributed by atoms with Gasteiger partial charge in [-0.2, -0.15) is 9.50 Å². The Labute approximate surface area is 296 Å². The number of aromatic nitrogens is 5. The molecule has 2 aliphatic rings. The minimum absolute atomic E-state index is 0.0318. The van der Waals surface area contributed by atoms with E-state index in [-0.39, 0.29) is 39.4 Å². The Morgan fingerprint density at radius 1 is 1.08 bits per heavy atom. The maximum Gasteiger partial charge on any atom is 0.375 e. The molecule has 2 aliphatic heterocycles. The van der Waals surface area contributed by atoms with Crippen LogP contribution in [0.2, 0.25) is 0 Å². The van der Waals surface area contributed by atoms with Gasteiger partial charge in [-0.05, 0) is 30.7 Å². The van der Waals surface area contributed by atoms with E-state index in [9.17, 15) is 49.5 Å². The molecule has 51 heavy (non-hydrogen) atoms. The van der Waals surface area contributed by atoms with Crippen LogP contribution in [0.15, 0.2) is 45.0 Å². The van der Waals surface area contributed by atoms with Crippen molar-refractivity contribution in [1.82, 2.24) is 34.8 Å². The third-order valence-corrected chi connectivity index (χ3v) is 10.4. The van der Waals surface area contributed by atoms with Crippen LogP contribution >= 0.6 is 34.9 Å². The van der Waals surface area contributed by atoms with Gasteiger partial charge in [0.1, 0.15) is 34.4 Å². The number of carboxylic acid groups (broad SMARTS) is 3. The van der Waals surface area contributed by atoms with Crippen molar-refractivity contribution in [3.8, 4) is 11.5 Å². The first-order chi connectivity index (χ1) is 24.2. The molecule has 0 radical (unpaired) electrons. The number of nitrogen functional groups attached to an aromatic ring is 1. The van der Waals surface area contributed by atoms with Crippen molar-refractivity contribution in [3.05, 3.63) is 63.2 Å². The minimum Gasteiger partial charge on any atom is -0.504 e. The molecule has 0 aliphatic carbocycles.